The lowest BCUT2D eigenvalue weighted by Crippen LogP contribution is -2.50. The van der Waals surface area contributed by atoms with Gasteiger partial charge in [-0.05, 0) is 27.7 Å². The lowest BCUT2D eigenvalue weighted by Gasteiger charge is -2.24. The number of guanidine groups is 1. The number of carbonyl (C=O) groups is 6. The molecule has 1 aliphatic rings. The van der Waals surface area contributed by atoms with E-state index in [0.29, 0.717) is 0 Å². The Balaban J connectivity index is 1.29. The highest BCUT2D eigenvalue weighted by Crippen LogP contribution is 2.27. The average molecular weight is 1080 g/mol. The summed E-state index contributed by atoms with van der Waals surface area (Å²) in [5.74, 6) is -5.48. The van der Waals surface area contributed by atoms with E-state index in [2.05, 4.69) is 35.9 Å². The maximum atomic E-state index is 13.7. The highest BCUT2D eigenvalue weighted by atomic mass is 16.5. The van der Waals surface area contributed by atoms with Crippen LogP contribution >= 0.6 is 0 Å². The minimum Gasteiger partial charge on any atom is -0.480 e. The second-order valence-corrected chi connectivity index (χ2v) is 17.7. The molecule has 416 valence electrons. The highest BCUT2D eigenvalue weighted by Gasteiger charge is 2.38. The molecule has 4 aromatic heterocycles. The van der Waals surface area contributed by atoms with Crippen LogP contribution in [-0.4, -0.2) is 177 Å². The number of aryl methyl sites for hydroxylation is 4. The number of aromatic amines is 4. The van der Waals surface area contributed by atoms with Gasteiger partial charge in [0.05, 0.1) is 31.8 Å². The van der Waals surface area contributed by atoms with Crippen molar-refractivity contribution in [1.82, 2.24) is 68.9 Å². The zero-order chi connectivity index (χ0) is 56.8. The van der Waals surface area contributed by atoms with Crippen molar-refractivity contribution in [2.24, 2.45) is 16.5 Å². The van der Waals surface area contributed by atoms with Crippen LogP contribution in [0, 0.1) is 27.7 Å². The lowest BCUT2D eigenvalue weighted by molar-refractivity contribution is -0.144. The molecule has 0 bridgehead atoms. The van der Waals surface area contributed by atoms with Crippen molar-refractivity contribution in [3.8, 4) is 0 Å². The lowest BCUT2D eigenvalue weighted by atomic mass is 10.1. The number of carboxylic acid groups (broad SMARTS) is 1. The summed E-state index contributed by atoms with van der Waals surface area (Å²) in [7, 11) is 0. The number of aliphatic carboxylic acids is 1. The van der Waals surface area contributed by atoms with Crippen molar-refractivity contribution in [3.05, 3.63) is 130 Å². The first kappa shape index (κ1) is 58.6. The monoisotopic (exact) mass is 1080 g/mol. The molecule has 12 N–H and O–H groups in total. The van der Waals surface area contributed by atoms with Crippen LogP contribution in [0.25, 0.3) is 0 Å². The number of carbonyl (C=O) groups excluding carboxylic acids is 5. The number of H-pyrrole nitrogens is 4. The molecule has 0 spiro atoms. The van der Waals surface area contributed by atoms with E-state index < -0.39 is 138 Å². The van der Waals surface area contributed by atoms with Gasteiger partial charge >= 0.3 is 28.7 Å². The van der Waals surface area contributed by atoms with E-state index in [1.807, 2.05) is 4.98 Å². The van der Waals surface area contributed by atoms with Gasteiger partial charge < -0.3 is 52.0 Å². The number of aliphatic imine (C=N–C) groups is 1. The number of rotatable bonds is 24. The van der Waals surface area contributed by atoms with Crippen LogP contribution in [0.2, 0.25) is 0 Å². The van der Waals surface area contributed by atoms with Gasteiger partial charge in [0.2, 0.25) is 29.5 Å². The molecule has 1 fully saturated rings. The molecule has 77 heavy (non-hydrogen) atoms. The summed E-state index contributed by atoms with van der Waals surface area (Å²) in [5, 5.41) is 17.6. The molecule has 5 heterocycles. The zero-order valence-corrected chi connectivity index (χ0v) is 42.2. The van der Waals surface area contributed by atoms with Gasteiger partial charge in [0.15, 0.2) is 5.96 Å². The second-order valence-electron chi connectivity index (χ2n) is 17.7. The van der Waals surface area contributed by atoms with Crippen LogP contribution in [0.3, 0.4) is 0 Å². The third-order valence-electron chi connectivity index (χ3n) is 11.8. The molecule has 0 aromatic carbocycles. The number of nitrogens with zero attached hydrogens (tertiary/aromatic N) is 8. The van der Waals surface area contributed by atoms with Crippen LogP contribution in [0.15, 0.2) is 68.1 Å². The molecule has 0 aliphatic carbocycles. The standard InChI is InChI=1S/C44H59N17O16/c1-23-13-58(41(73)51-36(23)69)19-31(64)55(8-5-45)18-30(63)49-12-28-27(11-34(77-28)61-16-26(4)39(72)54-44(61)76)50-40(46)48-7-10-56(32(65)20-59-14-24(2)37(70)52-42(59)74)17-29(62)47-6-9-57(22-35(67)68)33(66)21-60-15-25(3)38(71)53-43(60)75/h13-16,27-28,34H,5-12,17-22,45H2,1-4H3,(H,47,62)(H,49,63)(H,67,68)(H3,46,48,50)(H,51,69,73)(H,52,70,74)(H,53,71,75)(H,54,72,76)/t27-,28+,34+/m0/s1. The Hall–Kier alpha value is -9.27. The zero-order valence-electron chi connectivity index (χ0n) is 42.2. The fourth-order valence-electron chi connectivity index (χ4n) is 7.71. The summed E-state index contributed by atoms with van der Waals surface area (Å²) in [6.45, 7) is 0.140. The summed E-state index contributed by atoms with van der Waals surface area (Å²) in [5.41, 5.74) is 6.48. The molecule has 3 atom stereocenters. The summed E-state index contributed by atoms with van der Waals surface area (Å²) < 4.78 is 10.1. The molecule has 33 heteroatoms. The average Bonchev–Trinajstić information content (AvgIpc) is 3.75. The summed E-state index contributed by atoms with van der Waals surface area (Å²) in [4.78, 5) is 192. The van der Waals surface area contributed by atoms with E-state index in [4.69, 9.17) is 16.2 Å². The molecular weight excluding hydrogens is 1020 g/mol. The number of hydrogen-bond donors (Lipinski definition) is 10. The molecule has 1 saturated heterocycles. The number of ether oxygens (including phenoxy) is 1. The van der Waals surface area contributed by atoms with Gasteiger partial charge in [-0.15, -0.1) is 0 Å². The number of carboxylic acids is 1. The summed E-state index contributed by atoms with van der Waals surface area (Å²) in [6.07, 6.45) is 2.73. The van der Waals surface area contributed by atoms with E-state index in [0.717, 1.165) is 45.4 Å². The maximum absolute atomic E-state index is 13.7. The first-order chi connectivity index (χ1) is 36.3. The number of amides is 5. The second kappa shape index (κ2) is 26.3. The summed E-state index contributed by atoms with van der Waals surface area (Å²) in [6, 6.07) is -0.825. The number of aromatic nitrogens is 8. The number of nitrogens with two attached hydrogens (primary N) is 2. The van der Waals surface area contributed by atoms with E-state index >= 15 is 0 Å². The first-order valence-electron chi connectivity index (χ1n) is 23.6. The Morgan fingerprint density at radius 1 is 0.636 bits per heavy atom. The van der Waals surface area contributed by atoms with Gasteiger partial charge in [-0.1, -0.05) is 0 Å². The molecule has 1 aliphatic heterocycles. The SMILES string of the molecule is Cc1cn(CC(=O)N(CCNC(=O)CN(CCN=C(N)N[C@H]2C[C@H](n3cc(C)c(=O)[nH]c3=O)O[C@@H]2CNC(=O)CN(CCN)C(=O)Cn2cc(C)c(=O)[nH]c2=O)C(=O)Cn2cc(C)c(=O)[nH]c2=O)CC(=O)O)c(=O)[nH]c1=O. The topological polar surface area (TPSA) is 462 Å². The Morgan fingerprint density at radius 2 is 1.06 bits per heavy atom. The fourth-order valence-corrected chi connectivity index (χ4v) is 7.71. The smallest absolute Gasteiger partial charge is 0.330 e. The predicted molar refractivity (Wildman–Crippen MR) is 269 cm³/mol. The Kier molecular flexibility index (Phi) is 20.0. The minimum absolute atomic E-state index is 0.00775. The molecule has 5 rings (SSSR count). The van der Waals surface area contributed by atoms with Crippen molar-refractivity contribution in [2.75, 3.05) is 65.4 Å². The maximum Gasteiger partial charge on any atom is 0.330 e. The van der Waals surface area contributed by atoms with Gasteiger partial charge in [0.25, 0.3) is 22.2 Å². The predicted octanol–water partition coefficient (Wildman–Crippen LogP) is -8.26. The van der Waals surface area contributed by atoms with Crippen LogP contribution in [0.5, 0.6) is 0 Å². The number of nitrogens with one attached hydrogen (secondary N) is 7. The Morgan fingerprint density at radius 3 is 1.53 bits per heavy atom. The summed E-state index contributed by atoms with van der Waals surface area (Å²) >= 11 is 0. The van der Waals surface area contributed by atoms with Crippen LogP contribution in [0.1, 0.15) is 34.9 Å². The third kappa shape index (κ3) is 16.4. The van der Waals surface area contributed by atoms with E-state index in [1.54, 1.807) is 0 Å². The Bertz CT molecular complexity index is 3420. The van der Waals surface area contributed by atoms with Crippen molar-refractivity contribution < 1.29 is 38.6 Å². The highest BCUT2D eigenvalue weighted by molar-refractivity contribution is 5.86. The quantitative estimate of drug-likeness (QED) is 0.0230. The molecule has 4 aromatic rings. The third-order valence-corrected chi connectivity index (χ3v) is 11.8. The van der Waals surface area contributed by atoms with Crippen molar-refractivity contribution in [1.29, 1.82) is 0 Å². The molecule has 0 saturated carbocycles. The van der Waals surface area contributed by atoms with Gasteiger partial charge in [0.1, 0.15) is 32.4 Å². The van der Waals surface area contributed by atoms with Crippen molar-refractivity contribution in [3.63, 3.8) is 0 Å². The minimum atomic E-state index is -1.41. The van der Waals surface area contributed by atoms with E-state index in [9.17, 15) is 72.2 Å². The van der Waals surface area contributed by atoms with Gasteiger partial charge in [-0.25, -0.2) is 19.2 Å². The van der Waals surface area contributed by atoms with E-state index in [-0.39, 0.29) is 80.4 Å². The molecule has 0 unspecified atom stereocenters. The van der Waals surface area contributed by atoms with Gasteiger partial charge in [-0.2, -0.15) is 0 Å². The molecule has 0 radical (unpaired) electrons. The molecule has 33 nitrogen and oxygen atoms in total. The largest absolute Gasteiger partial charge is 0.480 e. The van der Waals surface area contributed by atoms with Crippen LogP contribution in [-0.2, 0) is 53.1 Å². The fraction of sp³-hybridized carbons (Fsp3) is 0.477. The normalized spacial score (nSPS) is 15.1. The Labute approximate surface area is 432 Å². The van der Waals surface area contributed by atoms with Gasteiger partial charge in [-0.3, -0.25) is 91.1 Å². The van der Waals surface area contributed by atoms with Gasteiger partial charge in [0, 0.05) is 92.7 Å². The number of hydrogen-bond acceptors (Lipinski definition) is 17. The van der Waals surface area contributed by atoms with E-state index in [1.165, 1.54) is 40.1 Å². The van der Waals surface area contributed by atoms with Crippen LogP contribution < -0.4 is 72.4 Å². The molecule has 5 amide bonds. The van der Waals surface area contributed by atoms with Crippen molar-refractivity contribution >= 4 is 41.5 Å². The van der Waals surface area contributed by atoms with Crippen molar-refractivity contribution in [2.45, 2.75) is 72.1 Å². The van der Waals surface area contributed by atoms with Crippen LogP contribution in [0.4, 0.5) is 0 Å². The first-order valence-corrected chi connectivity index (χ1v) is 23.6. The molecular formula is C44H59N17O16.